The average molecular weight is 1200 g/mol. The van der Waals surface area contributed by atoms with E-state index in [-0.39, 0.29) is 45.1 Å². The Morgan fingerprint density at radius 2 is 0.963 bits per heavy atom. The van der Waals surface area contributed by atoms with Crippen LogP contribution < -0.4 is 70.1 Å². The molecule has 33 nitrogen and oxygen atoms in total. The van der Waals surface area contributed by atoms with Crippen LogP contribution >= 0.6 is 0 Å². The van der Waals surface area contributed by atoms with Crippen molar-refractivity contribution in [3.8, 4) is 0 Å². The molecule has 0 saturated carbocycles. The van der Waals surface area contributed by atoms with E-state index in [2.05, 4.69) is 70.1 Å². The molecule has 0 spiro atoms. The highest BCUT2D eigenvalue weighted by molar-refractivity contribution is 5.77. The lowest BCUT2D eigenvalue weighted by atomic mass is 9.99. The number of hydroxylamine groups is 6. The highest BCUT2D eigenvalue weighted by Crippen LogP contribution is 2.13. The minimum Gasteiger partial charge on any atom is -0.380 e. The monoisotopic (exact) mass is 1200 g/mol. The highest BCUT2D eigenvalue weighted by atomic mass is 16.7. The molecule has 0 aromatic carbocycles. The van der Waals surface area contributed by atoms with Gasteiger partial charge in [0.2, 0.25) is 18.7 Å². The van der Waals surface area contributed by atoms with E-state index >= 15 is 0 Å². The molecular formula is C49H113N15O18. The van der Waals surface area contributed by atoms with E-state index in [0.717, 1.165) is 45.3 Å². The van der Waals surface area contributed by atoms with Crippen LogP contribution in [0, 0.1) is 5.92 Å². The van der Waals surface area contributed by atoms with Crippen LogP contribution in [0.3, 0.4) is 0 Å². The molecule has 3 amide bonds. The van der Waals surface area contributed by atoms with Crippen molar-refractivity contribution in [2.24, 2.45) is 5.92 Å². The topological polar surface area (TPSA) is 353 Å². The summed E-state index contributed by atoms with van der Waals surface area (Å²) in [5, 5.41) is 21.3. The van der Waals surface area contributed by atoms with E-state index < -0.39 is 0 Å². The zero-order chi connectivity index (χ0) is 59.3. The van der Waals surface area contributed by atoms with Gasteiger partial charge in [0.15, 0.2) is 0 Å². The zero-order valence-corrected chi connectivity index (χ0v) is 49.7. The Hall–Kier alpha value is -2.67. The molecular weight excluding hydrogens is 1090 g/mol. The number of amides is 3. The summed E-state index contributed by atoms with van der Waals surface area (Å²) in [6.45, 7) is 20.0. The number of nitrogens with zero attached hydrogens (tertiary/aromatic N) is 2. The quantitative estimate of drug-likeness (QED) is 0.0120. The lowest BCUT2D eigenvalue weighted by molar-refractivity contribution is -0.125. The Bertz CT molecular complexity index is 1230. The second-order valence-corrected chi connectivity index (χ2v) is 16.9. The molecule has 2 atom stereocenters. The second kappa shape index (κ2) is 74.4. The molecule has 2 unspecified atom stereocenters. The molecule has 0 bridgehead atoms. The van der Waals surface area contributed by atoms with Crippen LogP contribution in [0.5, 0.6) is 0 Å². The van der Waals surface area contributed by atoms with E-state index in [1.165, 1.54) is 4.90 Å². The van der Waals surface area contributed by atoms with Gasteiger partial charge in [-0.05, 0) is 46.1 Å². The standard InChI is InChI=1S/C30H65N9O11.C18H44N6O7.CH4/c1-5-48-35-11-15-49-36-10-14-44-19-28(20-45-16-17-50-37-18-30(42)31-2)6-7-29(8-12-39(27-41)25-38(3)26-40)34-9-13-46-22-33-24-47-23-32-21-43-4;1-3-29-23-9-12-30-24-8-11-26-13-14-31-22-6-4-5-19-16-27-10-7-20-17-28-18-21-15-25-2;/h26-29,32-37H,5-25H2,1-4H3,(H,31,42);19-24H,3-18H2,1-2H3;1H4. The normalized spacial score (nSPS) is 11.9. The largest absolute Gasteiger partial charge is 0.380 e. The van der Waals surface area contributed by atoms with Gasteiger partial charge in [0.1, 0.15) is 13.5 Å². The van der Waals surface area contributed by atoms with Crippen LogP contribution in [0.15, 0.2) is 0 Å². The summed E-state index contributed by atoms with van der Waals surface area (Å²) in [6, 6.07) is 0.0610. The molecule has 0 rings (SSSR count). The van der Waals surface area contributed by atoms with Gasteiger partial charge < -0.3 is 82.4 Å². The van der Waals surface area contributed by atoms with Crippen molar-refractivity contribution in [3.63, 3.8) is 0 Å². The third-order valence-corrected chi connectivity index (χ3v) is 9.96. The van der Waals surface area contributed by atoms with Crippen molar-refractivity contribution >= 4 is 18.7 Å². The molecule has 492 valence electrons. The molecule has 13 N–H and O–H groups in total. The third kappa shape index (κ3) is 69.8. The Kier molecular flexibility index (Phi) is 75.8. The summed E-state index contributed by atoms with van der Waals surface area (Å²) in [7, 11) is 6.41. The summed E-state index contributed by atoms with van der Waals surface area (Å²) in [5.74, 6) is -0.1000. The lowest BCUT2D eigenvalue weighted by Gasteiger charge is -2.26. The van der Waals surface area contributed by atoms with E-state index in [1.807, 2.05) is 13.8 Å². The SMILES string of the molecule is C.CCONCCONCCOCC(CCC(CCN(C=O)CN(C)C=O)NCCOCNCOCNCOC)COCCONCC(=O)NC.CCONCCONCCOCCONCCCNCOCCNCOCNCOC. The van der Waals surface area contributed by atoms with Crippen LogP contribution in [0.2, 0.25) is 0 Å². The number of methoxy groups -OCH3 is 2. The van der Waals surface area contributed by atoms with E-state index in [0.29, 0.717) is 192 Å². The number of carbonyl (C=O) groups is 3. The molecule has 0 aliphatic rings. The van der Waals surface area contributed by atoms with Crippen molar-refractivity contribution in [2.75, 3.05) is 247 Å². The van der Waals surface area contributed by atoms with Crippen molar-refractivity contribution in [1.29, 1.82) is 0 Å². The number of carbonyl (C=O) groups excluding carboxylic acids is 3. The first kappa shape index (κ1) is 83.5. The van der Waals surface area contributed by atoms with Crippen molar-refractivity contribution in [1.82, 2.24) is 79.9 Å². The number of likely N-dealkylation sites (N-methyl/N-ethyl adjacent to an activating group) is 1. The fraction of sp³-hybridized carbons (Fsp3) is 0.939. The van der Waals surface area contributed by atoms with Gasteiger partial charge >= 0.3 is 0 Å². The molecule has 0 heterocycles. The predicted molar refractivity (Wildman–Crippen MR) is 306 cm³/mol. The second-order valence-electron chi connectivity index (χ2n) is 16.9. The Morgan fingerprint density at radius 1 is 0.476 bits per heavy atom. The zero-order valence-electron chi connectivity index (χ0n) is 49.7. The van der Waals surface area contributed by atoms with Crippen LogP contribution in [-0.4, -0.2) is 281 Å². The van der Waals surface area contributed by atoms with Gasteiger partial charge in [0.05, 0.1) is 146 Å². The molecule has 0 aromatic rings. The number of ether oxygens (including phenoxy) is 9. The number of nitrogens with one attached hydrogen (secondary N) is 13. The fourth-order valence-electron chi connectivity index (χ4n) is 5.99. The van der Waals surface area contributed by atoms with Gasteiger partial charge in [-0.3, -0.25) is 50.6 Å². The van der Waals surface area contributed by atoms with E-state index in [1.54, 1.807) is 33.2 Å². The smallest absolute Gasteiger partial charge is 0.236 e. The van der Waals surface area contributed by atoms with Gasteiger partial charge in [0.25, 0.3) is 0 Å². The minimum atomic E-state index is -0.180. The Morgan fingerprint density at radius 3 is 1.57 bits per heavy atom. The van der Waals surface area contributed by atoms with Crippen molar-refractivity contribution in [2.45, 2.75) is 53.0 Å². The van der Waals surface area contributed by atoms with Crippen molar-refractivity contribution < 1.29 is 86.0 Å². The highest BCUT2D eigenvalue weighted by Gasteiger charge is 2.17. The first-order valence-corrected chi connectivity index (χ1v) is 27.8. The van der Waals surface area contributed by atoms with Gasteiger partial charge in [-0.25, -0.2) is 27.4 Å². The summed E-state index contributed by atoms with van der Waals surface area (Å²) in [6.07, 6.45) is 4.62. The maximum absolute atomic E-state index is 11.7. The van der Waals surface area contributed by atoms with Gasteiger partial charge in [-0.1, -0.05) is 7.43 Å². The minimum absolute atomic E-state index is 0. The van der Waals surface area contributed by atoms with Gasteiger partial charge in [0, 0.05) is 92.6 Å². The summed E-state index contributed by atoms with van der Waals surface area (Å²) >= 11 is 0. The van der Waals surface area contributed by atoms with Crippen LogP contribution in [0.1, 0.15) is 47.0 Å². The molecule has 0 aliphatic carbocycles. The number of hydrogen-bond acceptors (Lipinski definition) is 30. The van der Waals surface area contributed by atoms with Gasteiger partial charge in [-0.15, -0.1) is 0 Å². The summed E-state index contributed by atoms with van der Waals surface area (Å²) in [4.78, 5) is 68.1. The van der Waals surface area contributed by atoms with Gasteiger partial charge in [-0.2, -0.15) is 5.48 Å². The molecule has 0 aliphatic heterocycles. The summed E-state index contributed by atoms with van der Waals surface area (Å²) in [5.41, 5.74) is 16.7. The number of hydrogen-bond donors (Lipinski definition) is 13. The van der Waals surface area contributed by atoms with E-state index in [4.69, 9.17) is 71.7 Å². The maximum atomic E-state index is 11.7. The molecule has 0 aromatic heterocycles. The first-order chi connectivity index (χ1) is 39.9. The number of rotatable bonds is 69. The third-order valence-electron chi connectivity index (χ3n) is 9.96. The fourth-order valence-corrected chi connectivity index (χ4v) is 5.99. The van der Waals surface area contributed by atoms with Crippen LogP contribution in [0.25, 0.3) is 0 Å². The molecule has 82 heavy (non-hydrogen) atoms. The molecule has 0 radical (unpaired) electrons. The maximum Gasteiger partial charge on any atom is 0.236 e. The Balaban J connectivity index is -0.00000167. The molecule has 0 fully saturated rings. The molecule has 33 heteroatoms. The van der Waals surface area contributed by atoms with Crippen LogP contribution in [0.4, 0.5) is 0 Å². The Labute approximate surface area is 489 Å². The first-order valence-electron chi connectivity index (χ1n) is 27.8. The van der Waals surface area contributed by atoms with Crippen LogP contribution in [-0.2, 0) is 86.0 Å². The molecule has 0 saturated heterocycles. The summed E-state index contributed by atoms with van der Waals surface area (Å²) < 4.78 is 48.7. The average Bonchev–Trinajstić information content (AvgIpc) is 3.48. The predicted octanol–water partition coefficient (Wildman–Crippen LogP) is -3.82. The van der Waals surface area contributed by atoms with E-state index in [9.17, 15) is 14.4 Å². The van der Waals surface area contributed by atoms with Crippen molar-refractivity contribution in [3.05, 3.63) is 0 Å². The lowest BCUT2D eigenvalue weighted by Crippen LogP contribution is -2.39.